The Morgan fingerprint density at radius 1 is 1.07 bits per heavy atom. The number of fused-ring (bicyclic) bond motifs is 1. The van der Waals surface area contributed by atoms with Gasteiger partial charge in [0.1, 0.15) is 0 Å². The molecule has 0 aliphatic heterocycles. The van der Waals surface area contributed by atoms with Gasteiger partial charge in [0.15, 0.2) is 0 Å². The maximum absolute atomic E-state index is 13.4. The number of hydrogen-bond donors (Lipinski definition) is 2. The van der Waals surface area contributed by atoms with Gasteiger partial charge >= 0.3 is 6.18 Å². The third kappa shape index (κ3) is 4.46. The number of nitrogens with two attached hydrogens (primary N) is 1. The molecule has 1 heterocycles. The van der Waals surface area contributed by atoms with Crippen LogP contribution < -0.4 is 10.7 Å². The molecule has 0 saturated heterocycles. The van der Waals surface area contributed by atoms with Crippen LogP contribution in [0, 0.1) is 0 Å². The molecule has 11 heteroatoms. The summed E-state index contributed by atoms with van der Waals surface area (Å²) in [6.07, 6.45) is -4.78. The molecule has 0 aliphatic carbocycles. The molecule has 1 aromatic heterocycles. The normalized spacial score (nSPS) is 12.0. The summed E-state index contributed by atoms with van der Waals surface area (Å²) >= 11 is 0. The van der Waals surface area contributed by atoms with Crippen molar-refractivity contribution in [1.29, 1.82) is 0 Å². The van der Waals surface area contributed by atoms with Gasteiger partial charge in [-0.2, -0.15) is 18.3 Å². The first-order valence-electron chi connectivity index (χ1n) is 7.24. The Balaban J connectivity index is 0.00000261. The summed E-state index contributed by atoms with van der Waals surface area (Å²) in [6.45, 7) is 0. The fraction of sp³-hybridized carbons (Fsp3) is 0.125. The van der Waals surface area contributed by atoms with Crippen molar-refractivity contribution in [3.05, 3.63) is 63.9 Å². The number of primary sulfonamides is 1. The van der Waals surface area contributed by atoms with E-state index in [0.717, 1.165) is 12.1 Å². The van der Waals surface area contributed by atoms with E-state index >= 15 is 0 Å². The van der Waals surface area contributed by atoms with Crippen molar-refractivity contribution in [3.63, 3.8) is 0 Å². The zero-order chi connectivity index (χ0) is 19.1. The number of halogens is 4. The highest BCUT2D eigenvalue weighted by atomic mass is 35.5. The Hall–Kier alpha value is -2.43. The molecule has 3 rings (SSSR count). The molecule has 2 aromatic carbocycles. The van der Waals surface area contributed by atoms with Crippen molar-refractivity contribution in [2.75, 3.05) is 0 Å². The predicted molar refractivity (Wildman–Crippen MR) is 96.9 cm³/mol. The standard InChI is InChI=1S/C16H12F3N3O3S.ClH/c17-16(18,19)13-7-9(5-6-10(13)8-26(20,24)25)14-11-3-1-2-4-12(11)15(23)22-21-14;/h1-7H,8H2,(H,22,23)(H2,20,24,25);1H. The summed E-state index contributed by atoms with van der Waals surface area (Å²) in [6, 6.07) is 9.50. The molecule has 0 amide bonds. The van der Waals surface area contributed by atoms with Crippen LogP contribution in [0.1, 0.15) is 11.1 Å². The van der Waals surface area contributed by atoms with Gasteiger partial charge in [0.25, 0.3) is 5.56 Å². The van der Waals surface area contributed by atoms with Crippen molar-refractivity contribution < 1.29 is 21.6 Å². The first kappa shape index (κ1) is 20.9. The second-order valence-corrected chi connectivity index (χ2v) is 7.24. The highest BCUT2D eigenvalue weighted by Gasteiger charge is 2.34. The Kier molecular flexibility index (Phi) is 5.64. The van der Waals surface area contributed by atoms with Gasteiger partial charge in [-0.1, -0.05) is 30.3 Å². The molecule has 3 N–H and O–H groups in total. The molecule has 0 atom stereocenters. The van der Waals surface area contributed by atoms with E-state index in [1.54, 1.807) is 18.2 Å². The number of nitrogens with one attached hydrogen (secondary N) is 1. The number of aromatic nitrogens is 2. The fourth-order valence-electron chi connectivity index (χ4n) is 2.67. The highest BCUT2D eigenvalue weighted by Crippen LogP contribution is 2.36. The number of hydrogen-bond acceptors (Lipinski definition) is 4. The lowest BCUT2D eigenvalue weighted by molar-refractivity contribution is -0.138. The molecule has 0 bridgehead atoms. The Bertz CT molecular complexity index is 1160. The maximum Gasteiger partial charge on any atom is 0.416 e. The minimum Gasteiger partial charge on any atom is -0.267 e. The monoisotopic (exact) mass is 419 g/mol. The average Bonchev–Trinajstić information content (AvgIpc) is 2.54. The van der Waals surface area contributed by atoms with E-state index in [1.165, 1.54) is 12.1 Å². The van der Waals surface area contributed by atoms with Gasteiger partial charge in [0.05, 0.1) is 22.4 Å². The summed E-state index contributed by atoms with van der Waals surface area (Å²) in [7, 11) is -4.14. The van der Waals surface area contributed by atoms with E-state index < -0.39 is 38.6 Å². The minimum absolute atomic E-state index is 0. The van der Waals surface area contributed by atoms with Crippen LogP contribution in [0.5, 0.6) is 0 Å². The van der Waals surface area contributed by atoms with E-state index in [4.69, 9.17) is 5.14 Å². The number of nitrogens with zero attached hydrogens (tertiary/aromatic N) is 1. The Morgan fingerprint density at radius 2 is 1.70 bits per heavy atom. The van der Waals surface area contributed by atoms with Crippen LogP contribution in [0.3, 0.4) is 0 Å². The molecule has 144 valence electrons. The number of H-pyrrole nitrogens is 1. The average molecular weight is 420 g/mol. The molecule has 0 saturated carbocycles. The number of sulfonamides is 1. The Morgan fingerprint density at radius 3 is 2.30 bits per heavy atom. The second kappa shape index (κ2) is 7.29. The van der Waals surface area contributed by atoms with Gasteiger partial charge in [0, 0.05) is 10.9 Å². The molecule has 3 aromatic rings. The number of benzene rings is 2. The molecular weight excluding hydrogens is 407 g/mol. The van der Waals surface area contributed by atoms with Crippen LogP contribution >= 0.6 is 12.4 Å². The van der Waals surface area contributed by atoms with Gasteiger partial charge in [-0.15, -0.1) is 12.4 Å². The molecule has 27 heavy (non-hydrogen) atoms. The molecule has 6 nitrogen and oxygen atoms in total. The van der Waals surface area contributed by atoms with Crippen LogP contribution in [-0.2, 0) is 22.0 Å². The quantitative estimate of drug-likeness (QED) is 0.680. The van der Waals surface area contributed by atoms with E-state index in [1.807, 2.05) is 0 Å². The van der Waals surface area contributed by atoms with Crippen LogP contribution in [-0.4, -0.2) is 18.6 Å². The molecule has 0 spiro atoms. The van der Waals surface area contributed by atoms with Gasteiger partial charge in [-0.3, -0.25) is 4.79 Å². The predicted octanol–water partition coefficient (Wildman–Crippen LogP) is 2.82. The van der Waals surface area contributed by atoms with Gasteiger partial charge < -0.3 is 0 Å². The van der Waals surface area contributed by atoms with E-state index in [9.17, 15) is 26.4 Å². The molecular formula is C16H13ClF3N3O3S. The Labute approximate surface area is 157 Å². The fourth-order valence-corrected chi connectivity index (χ4v) is 3.35. The lowest BCUT2D eigenvalue weighted by atomic mass is 10.00. The first-order chi connectivity index (χ1) is 12.1. The van der Waals surface area contributed by atoms with Gasteiger partial charge in [-0.05, 0) is 17.7 Å². The summed E-state index contributed by atoms with van der Waals surface area (Å²) in [4.78, 5) is 11.8. The van der Waals surface area contributed by atoms with Crippen LogP contribution in [0.15, 0.2) is 47.3 Å². The SMILES string of the molecule is Cl.NS(=O)(=O)Cc1ccc(-c2n[nH]c(=O)c3ccccc23)cc1C(F)(F)F. The highest BCUT2D eigenvalue weighted by molar-refractivity contribution is 7.88. The molecule has 0 fully saturated rings. The summed E-state index contributed by atoms with van der Waals surface area (Å²) in [5, 5.41) is 11.6. The smallest absolute Gasteiger partial charge is 0.267 e. The number of alkyl halides is 3. The van der Waals surface area contributed by atoms with Crippen LogP contribution in [0.2, 0.25) is 0 Å². The minimum atomic E-state index is -4.78. The molecule has 0 aliphatic rings. The summed E-state index contributed by atoms with van der Waals surface area (Å²) in [5.74, 6) is -0.943. The third-order valence-electron chi connectivity index (χ3n) is 3.74. The molecule has 0 radical (unpaired) electrons. The van der Waals surface area contributed by atoms with Crippen molar-refractivity contribution in [3.8, 4) is 11.3 Å². The zero-order valence-corrected chi connectivity index (χ0v) is 15.1. The lowest BCUT2D eigenvalue weighted by Crippen LogP contribution is -2.18. The zero-order valence-electron chi connectivity index (χ0n) is 13.4. The van der Waals surface area contributed by atoms with Gasteiger partial charge in [-0.25, -0.2) is 18.7 Å². The van der Waals surface area contributed by atoms with Gasteiger partial charge in [0.2, 0.25) is 10.0 Å². The van der Waals surface area contributed by atoms with Crippen LogP contribution in [0.4, 0.5) is 13.2 Å². The van der Waals surface area contributed by atoms with Crippen LogP contribution in [0.25, 0.3) is 22.0 Å². The van der Waals surface area contributed by atoms with E-state index in [0.29, 0.717) is 5.39 Å². The van der Waals surface area contributed by atoms with Crippen molar-refractivity contribution in [1.82, 2.24) is 10.2 Å². The summed E-state index contributed by atoms with van der Waals surface area (Å²) in [5.41, 5.74) is -1.82. The number of aromatic amines is 1. The second-order valence-electron chi connectivity index (χ2n) is 5.62. The van der Waals surface area contributed by atoms with Crippen molar-refractivity contribution in [2.24, 2.45) is 5.14 Å². The maximum atomic E-state index is 13.4. The van der Waals surface area contributed by atoms with E-state index in [-0.39, 0.29) is 29.1 Å². The third-order valence-corrected chi connectivity index (χ3v) is 4.45. The van der Waals surface area contributed by atoms with E-state index in [2.05, 4.69) is 10.2 Å². The lowest BCUT2D eigenvalue weighted by Gasteiger charge is -2.14. The number of rotatable bonds is 3. The largest absolute Gasteiger partial charge is 0.416 e. The van der Waals surface area contributed by atoms with Crippen molar-refractivity contribution in [2.45, 2.75) is 11.9 Å². The topological polar surface area (TPSA) is 106 Å². The molecule has 0 unspecified atom stereocenters. The first-order valence-corrected chi connectivity index (χ1v) is 8.96. The summed E-state index contributed by atoms with van der Waals surface area (Å²) < 4.78 is 62.6. The van der Waals surface area contributed by atoms with Crippen molar-refractivity contribution >= 4 is 33.2 Å².